The summed E-state index contributed by atoms with van der Waals surface area (Å²) in [4.78, 5) is 27.4. The highest BCUT2D eigenvalue weighted by Gasteiger charge is 2.25. The Bertz CT molecular complexity index is 454. The lowest BCUT2D eigenvalue weighted by Gasteiger charge is -2.13. The molecule has 1 aliphatic rings. The molecule has 0 heterocycles. The monoisotopic (exact) mass is 299 g/mol. The third kappa shape index (κ3) is 5.55. The molecule has 0 saturated heterocycles. The summed E-state index contributed by atoms with van der Waals surface area (Å²) in [5, 5.41) is 22.5. The highest BCUT2D eigenvalue weighted by Crippen LogP contribution is 2.21. The van der Waals surface area contributed by atoms with E-state index >= 15 is 0 Å². The average Bonchev–Trinajstić information content (AvgIpc) is 2.73. The molecule has 1 aliphatic carbocycles. The zero-order chi connectivity index (χ0) is 16.0. The van der Waals surface area contributed by atoms with Crippen molar-refractivity contribution in [3.05, 3.63) is 11.6 Å². The predicted molar refractivity (Wildman–Crippen MR) is 74.7 cm³/mol. The molecule has 0 unspecified atom stereocenters. The molecule has 2 atom stereocenters. The number of hydrogen-bond donors (Lipinski definition) is 2. The van der Waals surface area contributed by atoms with Crippen LogP contribution in [0, 0.1) is 5.92 Å². The molecule has 1 rings (SSSR count). The standard InChI is InChI=1S/C14H21NO6/c1-8(2)4-12(14(18)19)21-15-11-7-10(16)5-9(11)6-13(17)20-3/h5,8,10,12,16H,4,6-7H2,1-3H3,(H,18,19)/t10-,12-/m1/s1. The van der Waals surface area contributed by atoms with E-state index in [1.165, 1.54) is 13.2 Å². The number of oxime groups is 1. The summed E-state index contributed by atoms with van der Waals surface area (Å²) < 4.78 is 4.56. The average molecular weight is 299 g/mol. The second kappa shape index (κ2) is 7.78. The van der Waals surface area contributed by atoms with Gasteiger partial charge in [0.2, 0.25) is 6.10 Å². The van der Waals surface area contributed by atoms with Crippen LogP contribution in [0.5, 0.6) is 0 Å². The van der Waals surface area contributed by atoms with Gasteiger partial charge in [0.05, 0.1) is 25.3 Å². The van der Waals surface area contributed by atoms with E-state index in [0.717, 1.165) is 0 Å². The number of ether oxygens (including phenoxy) is 1. The minimum absolute atomic E-state index is 0.0301. The number of carboxylic acid groups (broad SMARTS) is 1. The topological polar surface area (TPSA) is 105 Å². The summed E-state index contributed by atoms with van der Waals surface area (Å²) in [6.45, 7) is 3.77. The Labute approximate surface area is 123 Å². The molecule has 0 aromatic heterocycles. The molecule has 0 fully saturated rings. The summed E-state index contributed by atoms with van der Waals surface area (Å²) in [5.74, 6) is -1.41. The van der Waals surface area contributed by atoms with Gasteiger partial charge in [0.25, 0.3) is 0 Å². The second-order valence-corrected chi connectivity index (χ2v) is 5.32. The van der Waals surface area contributed by atoms with Gasteiger partial charge in [-0.25, -0.2) is 4.79 Å². The number of methoxy groups -OCH3 is 1. The van der Waals surface area contributed by atoms with Crippen LogP contribution >= 0.6 is 0 Å². The fourth-order valence-corrected chi connectivity index (χ4v) is 1.95. The molecule has 0 bridgehead atoms. The molecule has 7 heteroatoms. The number of carboxylic acids is 1. The molecule has 0 radical (unpaired) electrons. The van der Waals surface area contributed by atoms with E-state index in [2.05, 4.69) is 9.89 Å². The van der Waals surface area contributed by atoms with Crippen LogP contribution in [-0.2, 0) is 19.2 Å². The number of aliphatic hydroxyl groups excluding tert-OH is 1. The van der Waals surface area contributed by atoms with Gasteiger partial charge in [-0.1, -0.05) is 25.1 Å². The molecule has 0 aliphatic heterocycles. The molecule has 0 aromatic carbocycles. The lowest BCUT2D eigenvalue weighted by atomic mass is 10.1. The van der Waals surface area contributed by atoms with Crippen LogP contribution in [0.3, 0.4) is 0 Å². The maximum atomic E-state index is 11.3. The predicted octanol–water partition coefficient (Wildman–Crippen LogP) is 1.11. The molecule has 2 N–H and O–H groups in total. The Balaban J connectivity index is 2.75. The Morgan fingerprint density at radius 2 is 2.14 bits per heavy atom. The number of carbonyl (C=O) groups excluding carboxylic acids is 1. The zero-order valence-corrected chi connectivity index (χ0v) is 12.4. The van der Waals surface area contributed by atoms with Gasteiger partial charge in [0.1, 0.15) is 0 Å². The van der Waals surface area contributed by atoms with Crippen molar-refractivity contribution in [2.75, 3.05) is 7.11 Å². The molecule has 0 saturated carbocycles. The number of hydrogen-bond acceptors (Lipinski definition) is 6. The van der Waals surface area contributed by atoms with E-state index in [1.54, 1.807) is 0 Å². The van der Waals surface area contributed by atoms with Gasteiger partial charge < -0.3 is 19.8 Å². The van der Waals surface area contributed by atoms with Crippen molar-refractivity contribution >= 4 is 17.7 Å². The number of nitrogens with zero attached hydrogens (tertiary/aromatic N) is 1. The van der Waals surface area contributed by atoms with E-state index in [-0.39, 0.29) is 18.8 Å². The normalized spacial score (nSPS) is 21.3. The second-order valence-electron chi connectivity index (χ2n) is 5.32. The summed E-state index contributed by atoms with van der Waals surface area (Å²) in [6.07, 6.45) is 0.190. The van der Waals surface area contributed by atoms with Crippen LogP contribution in [0.4, 0.5) is 0 Å². The van der Waals surface area contributed by atoms with Crippen LogP contribution in [0.2, 0.25) is 0 Å². The Morgan fingerprint density at radius 3 is 2.67 bits per heavy atom. The number of esters is 1. The van der Waals surface area contributed by atoms with Crippen molar-refractivity contribution in [1.82, 2.24) is 0 Å². The Kier molecular flexibility index (Phi) is 6.36. The van der Waals surface area contributed by atoms with Gasteiger partial charge in [-0.05, 0) is 11.5 Å². The molecule has 0 spiro atoms. The Hall–Kier alpha value is -1.89. The van der Waals surface area contributed by atoms with Crippen LogP contribution in [0.25, 0.3) is 0 Å². The smallest absolute Gasteiger partial charge is 0.347 e. The van der Waals surface area contributed by atoms with Gasteiger partial charge in [0, 0.05) is 12.8 Å². The highest BCUT2D eigenvalue weighted by atomic mass is 16.6. The fraction of sp³-hybridized carbons (Fsp3) is 0.643. The van der Waals surface area contributed by atoms with Crippen molar-refractivity contribution in [1.29, 1.82) is 0 Å². The van der Waals surface area contributed by atoms with Gasteiger partial charge in [-0.3, -0.25) is 4.79 Å². The van der Waals surface area contributed by atoms with E-state index in [1.807, 2.05) is 13.8 Å². The van der Waals surface area contributed by atoms with E-state index in [0.29, 0.717) is 17.7 Å². The number of aliphatic carboxylic acids is 1. The molecule has 0 aromatic rings. The first-order valence-corrected chi connectivity index (χ1v) is 6.75. The number of carbonyl (C=O) groups is 2. The third-order valence-corrected chi connectivity index (χ3v) is 2.98. The summed E-state index contributed by atoms with van der Waals surface area (Å²) in [5.41, 5.74) is 0.881. The molecular formula is C14H21NO6. The lowest BCUT2D eigenvalue weighted by molar-refractivity contribution is -0.151. The quantitative estimate of drug-likeness (QED) is 0.539. The van der Waals surface area contributed by atoms with E-state index in [4.69, 9.17) is 9.94 Å². The van der Waals surface area contributed by atoms with Crippen LogP contribution in [0.1, 0.15) is 33.1 Å². The first-order valence-electron chi connectivity index (χ1n) is 6.75. The van der Waals surface area contributed by atoms with Crippen molar-refractivity contribution < 1.29 is 29.4 Å². The maximum Gasteiger partial charge on any atom is 0.347 e. The van der Waals surface area contributed by atoms with Crippen LogP contribution in [-0.4, -0.2) is 47.2 Å². The number of rotatable bonds is 7. The largest absolute Gasteiger partial charge is 0.478 e. The molecule has 7 nitrogen and oxygen atoms in total. The van der Waals surface area contributed by atoms with Crippen molar-refractivity contribution in [3.8, 4) is 0 Å². The summed E-state index contributed by atoms with van der Waals surface area (Å²) >= 11 is 0. The van der Waals surface area contributed by atoms with Crippen molar-refractivity contribution in [3.63, 3.8) is 0 Å². The third-order valence-electron chi connectivity index (χ3n) is 2.98. The van der Waals surface area contributed by atoms with Gasteiger partial charge in [-0.2, -0.15) is 0 Å². The van der Waals surface area contributed by atoms with Gasteiger partial charge >= 0.3 is 11.9 Å². The Morgan fingerprint density at radius 1 is 1.48 bits per heavy atom. The van der Waals surface area contributed by atoms with Crippen LogP contribution in [0.15, 0.2) is 16.8 Å². The molecule has 118 valence electrons. The van der Waals surface area contributed by atoms with E-state index < -0.39 is 24.1 Å². The molecule has 0 amide bonds. The maximum absolute atomic E-state index is 11.3. The van der Waals surface area contributed by atoms with Crippen molar-refractivity contribution in [2.45, 2.75) is 45.3 Å². The van der Waals surface area contributed by atoms with Gasteiger partial charge in [0.15, 0.2) is 0 Å². The lowest BCUT2D eigenvalue weighted by Crippen LogP contribution is -2.24. The number of aliphatic hydroxyl groups is 1. The van der Waals surface area contributed by atoms with E-state index in [9.17, 15) is 14.7 Å². The zero-order valence-electron chi connectivity index (χ0n) is 12.4. The fourth-order valence-electron chi connectivity index (χ4n) is 1.95. The SMILES string of the molecule is COC(=O)CC1=C[C@@H](O)CC1=NO[C@H](CC(C)C)C(=O)O. The van der Waals surface area contributed by atoms with Crippen LogP contribution < -0.4 is 0 Å². The van der Waals surface area contributed by atoms with Crippen molar-refractivity contribution in [2.24, 2.45) is 11.1 Å². The minimum atomic E-state index is -1.09. The first kappa shape index (κ1) is 17.2. The molecular weight excluding hydrogens is 278 g/mol. The van der Waals surface area contributed by atoms with Gasteiger partial charge in [-0.15, -0.1) is 0 Å². The highest BCUT2D eigenvalue weighted by molar-refractivity contribution is 6.05. The summed E-state index contributed by atoms with van der Waals surface area (Å²) in [7, 11) is 1.27. The first-order chi connectivity index (χ1) is 9.83. The molecule has 21 heavy (non-hydrogen) atoms. The minimum Gasteiger partial charge on any atom is -0.478 e. The summed E-state index contributed by atoms with van der Waals surface area (Å²) in [6, 6.07) is 0.